The number of hydrogen-bond acceptors (Lipinski definition) is 8. The summed E-state index contributed by atoms with van der Waals surface area (Å²) in [5.41, 5.74) is 0.732. The second-order valence-electron chi connectivity index (χ2n) is 5.53. The highest BCUT2D eigenvalue weighted by Gasteiger charge is 2.24. The van der Waals surface area contributed by atoms with Gasteiger partial charge in [-0.1, -0.05) is 11.6 Å². The summed E-state index contributed by atoms with van der Waals surface area (Å²) in [4.78, 5) is 32.8. The number of amidine groups is 1. The van der Waals surface area contributed by atoms with Crippen LogP contribution in [0.1, 0.15) is 11.1 Å². The van der Waals surface area contributed by atoms with E-state index in [0.29, 0.717) is 11.1 Å². The van der Waals surface area contributed by atoms with Crippen molar-refractivity contribution in [1.29, 1.82) is 0 Å². The second-order valence-corrected chi connectivity index (χ2v) is 6.96. The van der Waals surface area contributed by atoms with Crippen LogP contribution in [0.25, 0.3) is 6.08 Å². The molecule has 1 aliphatic heterocycles. The topological polar surface area (TPSA) is 140 Å². The Bertz CT molecular complexity index is 1100. The zero-order chi connectivity index (χ0) is 21.0. The normalized spacial score (nSPS) is 16.5. The number of hydrogen-bond donors (Lipinski definition) is 1. The van der Waals surface area contributed by atoms with Crippen LogP contribution in [-0.4, -0.2) is 27.1 Å². The van der Waals surface area contributed by atoms with Crippen molar-refractivity contribution in [3.63, 3.8) is 0 Å². The molecular formula is C17H10ClN5O5S. The number of carbonyl (C=O) groups is 1. The smallest absolute Gasteiger partial charge is 0.270 e. The molecule has 0 aromatic heterocycles. The Balaban J connectivity index is 1.74. The van der Waals surface area contributed by atoms with Gasteiger partial charge in [0.1, 0.15) is 0 Å². The SMILES string of the molecule is O=C1N/C(=N/N=C/c2ccc([N+](=O)[O-])cc2)S/C1=C/c1cc([N+](=O)[O-])ccc1Cl. The molecule has 29 heavy (non-hydrogen) atoms. The number of amides is 1. The average molecular weight is 432 g/mol. The van der Waals surface area contributed by atoms with Crippen LogP contribution < -0.4 is 5.32 Å². The van der Waals surface area contributed by atoms with Crippen LogP contribution in [0, 0.1) is 20.2 Å². The summed E-state index contributed by atoms with van der Waals surface area (Å²) in [5, 5.41) is 32.2. The lowest BCUT2D eigenvalue weighted by molar-refractivity contribution is -0.385. The van der Waals surface area contributed by atoms with Gasteiger partial charge >= 0.3 is 0 Å². The molecule has 0 unspecified atom stereocenters. The number of nitrogens with one attached hydrogen (secondary N) is 1. The first kappa shape index (κ1) is 20.2. The molecule has 10 nitrogen and oxygen atoms in total. The Labute approximate surface area is 172 Å². The largest absolute Gasteiger partial charge is 0.299 e. The van der Waals surface area contributed by atoms with E-state index in [9.17, 15) is 25.0 Å². The van der Waals surface area contributed by atoms with E-state index in [0.717, 1.165) is 11.8 Å². The van der Waals surface area contributed by atoms with Crippen molar-refractivity contribution < 1.29 is 14.6 Å². The Hall–Kier alpha value is -3.57. The number of halogens is 1. The van der Waals surface area contributed by atoms with Crippen LogP contribution in [0.3, 0.4) is 0 Å². The molecule has 1 amide bonds. The van der Waals surface area contributed by atoms with E-state index >= 15 is 0 Å². The maximum absolute atomic E-state index is 12.1. The van der Waals surface area contributed by atoms with Crippen LogP contribution >= 0.6 is 23.4 Å². The van der Waals surface area contributed by atoms with Crippen LogP contribution in [0.2, 0.25) is 5.02 Å². The molecule has 1 aliphatic rings. The molecular weight excluding hydrogens is 422 g/mol. The van der Waals surface area contributed by atoms with Gasteiger partial charge in [0.25, 0.3) is 17.3 Å². The van der Waals surface area contributed by atoms with E-state index in [-0.39, 0.29) is 26.5 Å². The van der Waals surface area contributed by atoms with E-state index in [1.165, 1.54) is 54.8 Å². The summed E-state index contributed by atoms with van der Waals surface area (Å²) < 4.78 is 0. The van der Waals surface area contributed by atoms with E-state index in [4.69, 9.17) is 11.6 Å². The van der Waals surface area contributed by atoms with Gasteiger partial charge in [-0.3, -0.25) is 30.3 Å². The van der Waals surface area contributed by atoms with Gasteiger partial charge < -0.3 is 0 Å². The van der Waals surface area contributed by atoms with E-state index in [2.05, 4.69) is 15.5 Å². The quantitative estimate of drug-likeness (QED) is 0.331. The third-order valence-corrected chi connectivity index (χ3v) is 4.83. The monoisotopic (exact) mass is 431 g/mol. The zero-order valence-electron chi connectivity index (χ0n) is 14.3. The highest BCUT2D eigenvalue weighted by molar-refractivity contribution is 8.18. The minimum absolute atomic E-state index is 0.0401. The van der Waals surface area contributed by atoms with Crippen molar-refractivity contribution >= 4 is 58.1 Å². The van der Waals surface area contributed by atoms with Crippen molar-refractivity contribution in [2.75, 3.05) is 0 Å². The van der Waals surface area contributed by atoms with E-state index < -0.39 is 15.8 Å². The highest BCUT2D eigenvalue weighted by Crippen LogP contribution is 2.30. The Morgan fingerprint density at radius 1 is 1.03 bits per heavy atom. The van der Waals surface area contributed by atoms with Crippen LogP contribution in [-0.2, 0) is 4.79 Å². The van der Waals surface area contributed by atoms with Crippen LogP contribution in [0.4, 0.5) is 11.4 Å². The summed E-state index contributed by atoms with van der Waals surface area (Å²) >= 11 is 7.04. The third-order valence-electron chi connectivity index (χ3n) is 3.59. The molecule has 0 saturated carbocycles. The minimum atomic E-state index is -0.556. The van der Waals surface area contributed by atoms with Gasteiger partial charge in [0, 0.05) is 34.9 Å². The summed E-state index contributed by atoms with van der Waals surface area (Å²) in [6, 6.07) is 9.62. The fraction of sp³-hybridized carbons (Fsp3) is 0. The number of nitro benzene ring substituents is 2. The van der Waals surface area contributed by atoms with Crippen molar-refractivity contribution in [3.8, 4) is 0 Å². The van der Waals surface area contributed by atoms with Gasteiger partial charge in [-0.05, 0) is 41.6 Å². The maximum Gasteiger partial charge on any atom is 0.270 e. The number of benzene rings is 2. The molecule has 1 N–H and O–H groups in total. The van der Waals surface area contributed by atoms with Crippen LogP contribution in [0.15, 0.2) is 57.6 Å². The highest BCUT2D eigenvalue weighted by atomic mass is 35.5. The summed E-state index contributed by atoms with van der Waals surface area (Å²) in [5.74, 6) is -0.443. The molecule has 0 atom stereocenters. The number of non-ortho nitro benzene ring substituents is 2. The van der Waals surface area contributed by atoms with Crippen molar-refractivity contribution in [2.24, 2.45) is 10.2 Å². The predicted molar refractivity (Wildman–Crippen MR) is 110 cm³/mol. The standard InChI is InChI=1S/C17H10ClN5O5S/c18-14-6-5-13(23(27)28)7-11(14)8-15-16(24)20-17(29-15)21-19-9-10-1-3-12(4-2-10)22(25)26/h1-9H,(H,20,21,24)/b15-8+,19-9+. The van der Waals surface area contributed by atoms with Crippen molar-refractivity contribution in [3.05, 3.63) is 83.7 Å². The van der Waals surface area contributed by atoms with Crippen molar-refractivity contribution in [1.82, 2.24) is 5.32 Å². The average Bonchev–Trinajstić information content (AvgIpc) is 3.03. The molecule has 3 rings (SSSR count). The molecule has 146 valence electrons. The van der Waals surface area contributed by atoms with Crippen molar-refractivity contribution in [2.45, 2.75) is 0 Å². The molecule has 12 heteroatoms. The van der Waals surface area contributed by atoms with Gasteiger partial charge in [0.2, 0.25) is 0 Å². The Morgan fingerprint density at radius 2 is 1.69 bits per heavy atom. The van der Waals surface area contributed by atoms with Gasteiger partial charge in [-0.25, -0.2) is 0 Å². The van der Waals surface area contributed by atoms with Gasteiger partial charge in [0.15, 0.2) is 5.17 Å². The van der Waals surface area contributed by atoms with Gasteiger partial charge in [-0.2, -0.15) is 5.10 Å². The first-order valence-electron chi connectivity index (χ1n) is 7.84. The summed E-state index contributed by atoms with van der Waals surface area (Å²) in [6.07, 6.45) is 2.81. The number of carbonyl (C=O) groups excluding carboxylic acids is 1. The molecule has 1 heterocycles. The lowest BCUT2D eigenvalue weighted by atomic mass is 10.2. The van der Waals surface area contributed by atoms with E-state index in [1.54, 1.807) is 0 Å². The summed E-state index contributed by atoms with van der Waals surface area (Å²) in [6.45, 7) is 0. The number of nitrogens with zero attached hydrogens (tertiary/aromatic N) is 4. The molecule has 2 aromatic rings. The lowest BCUT2D eigenvalue weighted by Crippen LogP contribution is -2.19. The Morgan fingerprint density at radius 3 is 2.34 bits per heavy atom. The van der Waals surface area contributed by atoms with E-state index in [1.807, 2.05) is 0 Å². The fourth-order valence-electron chi connectivity index (χ4n) is 2.20. The third kappa shape index (κ3) is 5.03. The Kier molecular flexibility index (Phi) is 6.00. The first-order chi connectivity index (χ1) is 13.8. The van der Waals surface area contributed by atoms with Gasteiger partial charge in [0.05, 0.1) is 21.0 Å². The number of thioether (sulfide) groups is 1. The van der Waals surface area contributed by atoms with Crippen LogP contribution in [0.5, 0.6) is 0 Å². The fourth-order valence-corrected chi connectivity index (χ4v) is 3.14. The number of nitro groups is 2. The number of rotatable bonds is 5. The molecule has 1 fully saturated rings. The molecule has 0 aliphatic carbocycles. The second kappa shape index (κ2) is 8.63. The molecule has 0 bridgehead atoms. The maximum atomic E-state index is 12.1. The molecule has 2 aromatic carbocycles. The molecule has 1 saturated heterocycles. The predicted octanol–water partition coefficient (Wildman–Crippen LogP) is 3.75. The minimum Gasteiger partial charge on any atom is -0.299 e. The first-order valence-corrected chi connectivity index (χ1v) is 9.03. The molecule has 0 spiro atoms. The zero-order valence-corrected chi connectivity index (χ0v) is 15.9. The molecule has 0 radical (unpaired) electrons. The van der Waals surface area contributed by atoms with Gasteiger partial charge in [-0.15, -0.1) is 5.10 Å². The lowest BCUT2D eigenvalue weighted by Gasteiger charge is -1.99. The summed E-state index contributed by atoms with van der Waals surface area (Å²) in [7, 11) is 0.